The van der Waals surface area contributed by atoms with Crippen LogP contribution < -0.4 is 5.32 Å². The molecule has 25 heavy (non-hydrogen) atoms. The van der Waals surface area contributed by atoms with Crippen molar-refractivity contribution in [2.75, 3.05) is 5.32 Å². The van der Waals surface area contributed by atoms with E-state index >= 15 is 0 Å². The van der Waals surface area contributed by atoms with Gasteiger partial charge in [0.1, 0.15) is 11.9 Å². The van der Waals surface area contributed by atoms with Gasteiger partial charge in [0.05, 0.1) is 0 Å². The number of anilines is 1. The minimum atomic E-state index is -0.956. The molecular formula is C20H15ClFNO2. The van der Waals surface area contributed by atoms with Crippen LogP contribution in [0, 0.1) is 5.82 Å². The summed E-state index contributed by atoms with van der Waals surface area (Å²) in [6, 6.07) is 19.3. The van der Waals surface area contributed by atoms with Crippen LogP contribution in [0.5, 0.6) is 0 Å². The van der Waals surface area contributed by atoms with E-state index in [1.165, 1.54) is 18.2 Å². The molecule has 0 bridgehead atoms. The van der Waals surface area contributed by atoms with Crippen LogP contribution >= 0.6 is 11.6 Å². The van der Waals surface area contributed by atoms with E-state index in [1.54, 1.807) is 30.3 Å². The van der Waals surface area contributed by atoms with Gasteiger partial charge in [-0.15, -0.1) is 0 Å². The van der Waals surface area contributed by atoms with E-state index in [0.717, 1.165) is 6.07 Å². The van der Waals surface area contributed by atoms with Crippen LogP contribution in [0.2, 0.25) is 5.02 Å². The van der Waals surface area contributed by atoms with E-state index in [1.807, 2.05) is 18.2 Å². The summed E-state index contributed by atoms with van der Waals surface area (Å²) < 4.78 is 13.3. The summed E-state index contributed by atoms with van der Waals surface area (Å²) >= 11 is 6.05. The molecular weight excluding hydrogens is 341 g/mol. The van der Waals surface area contributed by atoms with Crippen molar-refractivity contribution in [3.63, 3.8) is 0 Å². The Hall–Kier alpha value is -2.69. The molecule has 126 valence electrons. The fourth-order valence-corrected chi connectivity index (χ4v) is 2.69. The third-order valence-electron chi connectivity index (χ3n) is 3.76. The maximum absolute atomic E-state index is 13.3. The smallest absolute Gasteiger partial charge is 0.255 e. The van der Waals surface area contributed by atoms with E-state index in [-0.39, 0.29) is 5.56 Å². The number of aliphatic hydroxyl groups excluding tert-OH is 1. The number of nitrogens with one attached hydrogen (secondary N) is 1. The van der Waals surface area contributed by atoms with Crippen LogP contribution in [0.25, 0.3) is 0 Å². The van der Waals surface area contributed by atoms with Gasteiger partial charge in [-0.2, -0.15) is 0 Å². The highest BCUT2D eigenvalue weighted by Gasteiger charge is 2.17. The van der Waals surface area contributed by atoms with Crippen molar-refractivity contribution in [1.29, 1.82) is 0 Å². The van der Waals surface area contributed by atoms with Crippen molar-refractivity contribution in [3.8, 4) is 0 Å². The van der Waals surface area contributed by atoms with Crippen LogP contribution in [-0.2, 0) is 0 Å². The van der Waals surface area contributed by atoms with Crippen molar-refractivity contribution in [2.24, 2.45) is 0 Å². The maximum Gasteiger partial charge on any atom is 0.255 e. The Morgan fingerprint density at radius 3 is 2.48 bits per heavy atom. The first-order valence-corrected chi connectivity index (χ1v) is 8.02. The third kappa shape index (κ3) is 4.05. The molecule has 5 heteroatoms. The molecule has 0 aliphatic carbocycles. The Labute approximate surface area is 149 Å². The number of aliphatic hydroxyl groups is 1. The topological polar surface area (TPSA) is 49.3 Å². The van der Waals surface area contributed by atoms with Gasteiger partial charge < -0.3 is 10.4 Å². The minimum absolute atomic E-state index is 0.190. The summed E-state index contributed by atoms with van der Waals surface area (Å²) in [5.41, 5.74) is 1.74. The van der Waals surface area contributed by atoms with Gasteiger partial charge >= 0.3 is 0 Å². The molecule has 0 aliphatic heterocycles. The average molecular weight is 356 g/mol. The van der Waals surface area contributed by atoms with Crippen LogP contribution in [0.1, 0.15) is 27.6 Å². The zero-order chi connectivity index (χ0) is 17.8. The molecule has 0 aromatic heterocycles. The molecule has 3 nitrogen and oxygen atoms in total. The predicted octanol–water partition coefficient (Wildman–Crippen LogP) is 4.81. The van der Waals surface area contributed by atoms with E-state index in [2.05, 4.69) is 5.32 Å². The SMILES string of the molecule is O=C(Nc1ccc(Cl)cc1[C@@H](O)c1ccccc1)c1cccc(F)c1. The van der Waals surface area contributed by atoms with Crippen LogP contribution in [0.3, 0.4) is 0 Å². The Kier molecular flexibility index (Phi) is 5.12. The van der Waals surface area contributed by atoms with Gasteiger partial charge in [0.25, 0.3) is 5.91 Å². The first kappa shape index (κ1) is 17.1. The van der Waals surface area contributed by atoms with Crippen LogP contribution in [-0.4, -0.2) is 11.0 Å². The maximum atomic E-state index is 13.3. The van der Waals surface area contributed by atoms with Gasteiger partial charge in [-0.05, 0) is 42.0 Å². The molecule has 2 N–H and O–H groups in total. The zero-order valence-electron chi connectivity index (χ0n) is 13.1. The zero-order valence-corrected chi connectivity index (χ0v) is 13.9. The van der Waals surface area contributed by atoms with Gasteiger partial charge in [0.2, 0.25) is 0 Å². The number of rotatable bonds is 4. The monoisotopic (exact) mass is 355 g/mol. The van der Waals surface area contributed by atoms with Gasteiger partial charge in [-0.3, -0.25) is 4.79 Å². The number of carbonyl (C=O) groups excluding carboxylic acids is 1. The van der Waals surface area contributed by atoms with Crippen LogP contribution in [0.4, 0.5) is 10.1 Å². The Bertz CT molecular complexity index is 899. The highest BCUT2D eigenvalue weighted by Crippen LogP contribution is 2.31. The average Bonchev–Trinajstić information content (AvgIpc) is 2.63. The lowest BCUT2D eigenvalue weighted by Gasteiger charge is -2.17. The van der Waals surface area contributed by atoms with Crippen molar-refractivity contribution in [2.45, 2.75) is 6.10 Å². The standard InChI is InChI=1S/C20H15ClFNO2/c21-15-9-10-18(23-20(25)14-7-4-8-16(22)11-14)17(12-15)19(24)13-5-2-1-3-6-13/h1-12,19,24H,(H,23,25)/t19-/m0/s1. The molecule has 1 atom stereocenters. The quantitative estimate of drug-likeness (QED) is 0.705. The first-order chi connectivity index (χ1) is 12.0. The lowest BCUT2D eigenvalue weighted by molar-refractivity contribution is 0.102. The van der Waals surface area contributed by atoms with Gasteiger partial charge in [-0.25, -0.2) is 4.39 Å². The first-order valence-electron chi connectivity index (χ1n) is 7.64. The number of benzene rings is 3. The number of carbonyl (C=O) groups is 1. The molecule has 0 saturated carbocycles. The Morgan fingerprint density at radius 2 is 1.76 bits per heavy atom. The third-order valence-corrected chi connectivity index (χ3v) is 3.99. The van der Waals surface area contributed by atoms with E-state index < -0.39 is 17.8 Å². The number of hydrogen-bond donors (Lipinski definition) is 2. The molecule has 1 amide bonds. The van der Waals surface area contributed by atoms with E-state index in [0.29, 0.717) is 21.8 Å². The summed E-state index contributed by atoms with van der Waals surface area (Å²) in [5, 5.41) is 13.8. The molecule has 0 aliphatic rings. The van der Waals surface area contributed by atoms with Gasteiger partial charge in [-0.1, -0.05) is 48.0 Å². The molecule has 0 saturated heterocycles. The van der Waals surface area contributed by atoms with Crippen molar-refractivity contribution in [1.82, 2.24) is 0 Å². The lowest BCUT2D eigenvalue weighted by Crippen LogP contribution is -2.15. The van der Waals surface area contributed by atoms with Crippen molar-refractivity contribution in [3.05, 3.63) is 100 Å². The molecule has 0 unspecified atom stereocenters. The van der Waals surface area contributed by atoms with Crippen LogP contribution in [0.15, 0.2) is 72.8 Å². The highest BCUT2D eigenvalue weighted by atomic mass is 35.5. The summed E-state index contributed by atoms with van der Waals surface area (Å²) in [6.45, 7) is 0. The fraction of sp³-hybridized carbons (Fsp3) is 0.0500. The predicted molar refractivity (Wildman–Crippen MR) is 96.3 cm³/mol. The van der Waals surface area contributed by atoms with Gasteiger partial charge in [0.15, 0.2) is 0 Å². The molecule has 0 radical (unpaired) electrons. The summed E-state index contributed by atoms with van der Waals surface area (Å²) in [7, 11) is 0. The summed E-state index contributed by atoms with van der Waals surface area (Å²) in [5.74, 6) is -0.961. The molecule has 0 fully saturated rings. The summed E-state index contributed by atoms with van der Waals surface area (Å²) in [4.78, 5) is 12.4. The highest BCUT2D eigenvalue weighted by molar-refractivity contribution is 6.30. The Balaban J connectivity index is 1.93. The minimum Gasteiger partial charge on any atom is -0.384 e. The van der Waals surface area contributed by atoms with E-state index in [4.69, 9.17) is 11.6 Å². The number of halogens is 2. The molecule has 3 aromatic rings. The summed E-state index contributed by atoms with van der Waals surface area (Å²) in [6.07, 6.45) is -0.956. The molecule has 0 spiro atoms. The second kappa shape index (κ2) is 7.47. The van der Waals surface area contributed by atoms with E-state index in [9.17, 15) is 14.3 Å². The Morgan fingerprint density at radius 1 is 1.00 bits per heavy atom. The molecule has 0 heterocycles. The fourth-order valence-electron chi connectivity index (χ4n) is 2.51. The lowest BCUT2D eigenvalue weighted by atomic mass is 9.99. The second-order valence-electron chi connectivity index (χ2n) is 5.51. The molecule has 3 aromatic carbocycles. The molecule has 3 rings (SSSR count). The normalized spacial score (nSPS) is 11.8. The van der Waals surface area contributed by atoms with Crippen molar-refractivity contribution < 1.29 is 14.3 Å². The van der Waals surface area contributed by atoms with Crippen molar-refractivity contribution >= 4 is 23.2 Å². The number of hydrogen-bond acceptors (Lipinski definition) is 2. The van der Waals surface area contributed by atoms with Gasteiger partial charge in [0, 0.05) is 21.8 Å². The second-order valence-corrected chi connectivity index (χ2v) is 5.95. The number of amides is 1. The largest absolute Gasteiger partial charge is 0.384 e.